The first kappa shape index (κ1) is 28.2. The van der Waals surface area contributed by atoms with Crippen LogP contribution in [0.1, 0.15) is 57.9 Å². The number of ether oxygens (including phenoxy) is 1. The number of nitrogens with zero attached hydrogens (tertiary/aromatic N) is 5. The molecule has 1 aliphatic heterocycles. The smallest absolute Gasteiger partial charge is 0.308 e. The molecular formula is C30H34IN5O4. The number of pyridine rings is 1. The van der Waals surface area contributed by atoms with Crippen LogP contribution in [-0.2, 0) is 16.6 Å². The van der Waals surface area contributed by atoms with Crippen LogP contribution in [-0.4, -0.2) is 50.4 Å². The van der Waals surface area contributed by atoms with E-state index in [1.807, 2.05) is 32.2 Å². The SMILES string of the molecule is CC#CC(=O)N(c1ccc2c(n1)c(OC1CCC(C(=O)O)CC1)nn2C)c1cc(C)c(I)cc1N1CCC[C@@H]1C. The number of carbonyl (C=O) groups is 2. The molecule has 2 aliphatic rings. The van der Waals surface area contributed by atoms with Crippen molar-refractivity contribution in [2.75, 3.05) is 16.3 Å². The molecule has 2 aromatic heterocycles. The highest BCUT2D eigenvalue weighted by molar-refractivity contribution is 14.1. The van der Waals surface area contributed by atoms with Crippen molar-refractivity contribution >= 4 is 62.7 Å². The summed E-state index contributed by atoms with van der Waals surface area (Å²) in [6.45, 7) is 6.84. The molecular weight excluding hydrogens is 621 g/mol. The summed E-state index contributed by atoms with van der Waals surface area (Å²) in [7, 11) is 1.83. The lowest BCUT2D eigenvalue weighted by Gasteiger charge is -2.31. The van der Waals surface area contributed by atoms with Gasteiger partial charge >= 0.3 is 11.9 Å². The maximum Gasteiger partial charge on any atom is 0.308 e. The zero-order valence-corrected chi connectivity index (χ0v) is 25.4. The summed E-state index contributed by atoms with van der Waals surface area (Å²) in [5.41, 5.74) is 4.15. The Morgan fingerprint density at radius 2 is 1.93 bits per heavy atom. The van der Waals surface area contributed by atoms with Crippen LogP contribution in [0.4, 0.5) is 17.2 Å². The van der Waals surface area contributed by atoms with Crippen LogP contribution in [0, 0.1) is 28.3 Å². The first-order valence-electron chi connectivity index (χ1n) is 13.7. The fourth-order valence-corrected chi connectivity index (χ4v) is 6.19. The molecule has 1 atom stereocenters. The average Bonchev–Trinajstić information content (AvgIpc) is 3.49. The molecule has 1 saturated heterocycles. The van der Waals surface area contributed by atoms with Gasteiger partial charge in [-0.3, -0.25) is 19.2 Å². The van der Waals surface area contributed by atoms with Gasteiger partial charge in [0.05, 0.1) is 22.8 Å². The number of carbonyl (C=O) groups excluding carboxylic acids is 1. The van der Waals surface area contributed by atoms with Crippen molar-refractivity contribution in [3.05, 3.63) is 33.4 Å². The number of hydrogen-bond donors (Lipinski definition) is 1. The number of amides is 1. The minimum atomic E-state index is -0.749. The molecule has 0 bridgehead atoms. The van der Waals surface area contributed by atoms with E-state index in [-0.39, 0.29) is 17.9 Å². The molecule has 2 fully saturated rings. The Morgan fingerprint density at radius 1 is 1.18 bits per heavy atom. The fourth-order valence-electron chi connectivity index (χ4n) is 5.74. The van der Waals surface area contributed by atoms with Gasteiger partial charge < -0.3 is 14.7 Å². The molecule has 0 spiro atoms. The molecule has 1 aromatic carbocycles. The highest BCUT2D eigenvalue weighted by atomic mass is 127. The second-order valence-corrected chi connectivity index (χ2v) is 11.8. The van der Waals surface area contributed by atoms with E-state index in [0.29, 0.717) is 48.9 Å². The van der Waals surface area contributed by atoms with E-state index in [1.165, 1.54) is 0 Å². The molecule has 1 aliphatic carbocycles. The van der Waals surface area contributed by atoms with E-state index in [0.717, 1.165) is 45.4 Å². The van der Waals surface area contributed by atoms with Crippen molar-refractivity contribution in [3.63, 3.8) is 0 Å². The molecule has 3 aromatic rings. The number of hydrogen-bond acceptors (Lipinski definition) is 6. The van der Waals surface area contributed by atoms with Gasteiger partial charge in [0, 0.05) is 23.2 Å². The van der Waals surface area contributed by atoms with E-state index in [2.05, 4.69) is 57.4 Å². The van der Waals surface area contributed by atoms with Crippen LogP contribution in [0.3, 0.4) is 0 Å². The molecule has 10 heteroatoms. The monoisotopic (exact) mass is 655 g/mol. The lowest BCUT2D eigenvalue weighted by Crippen LogP contribution is -2.31. The van der Waals surface area contributed by atoms with Crippen LogP contribution in [0.2, 0.25) is 0 Å². The standard InChI is InChI=1S/C30H34IN5O4/c1-5-7-27(37)36(25-16-18(2)22(31)17-24(25)35-15-6-8-19(35)3)26-14-13-23-28(32-26)29(33-34(23)4)40-21-11-9-20(10-12-21)30(38)39/h13-14,16-17,19-21H,6,8-12,15H2,1-4H3,(H,38,39)/t19-,20?,21?/m0/s1. The van der Waals surface area contributed by atoms with Gasteiger partial charge in [-0.1, -0.05) is 5.92 Å². The number of anilines is 3. The van der Waals surface area contributed by atoms with Crippen LogP contribution in [0.25, 0.3) is 11.0 Å². The number of fused-ring (bicyclic) bond motifs is 1. The Bertz CT molecular complexity index is 1520. The highest BCUT2D eigenvalue weighted by Gasteiger charge is 2.31. The molecule has 3 heterocycles. The van der Waals surface area contributed by atoms with Crippen molar-refractivity contribution in [3.8, 4) is 17.7 Å². The van der Waals surface area contributed by atoms with Gasteiger partial charge in [0.1, 0.15) is 11.9 Å². The summed E-state index contributed by atoms with van der Waals surface area (Å²) in [6, 6.07) is 8.28. The van der Waals surface area contributed by atoms with Gasteiger partial charge in [-0.2, -0.15) is 0 Å². The topological polar surface area (TPSA) is 101 Å². The largest absolute Gasteiger partial charge is 0.481 e. The first-order chi connectivity index (χ1) is 19.2. The molecule has 0 unspecified atom stereocenters. The minimum absolute atomic E-state index is 0.134. The van der Waals surface area contributed by atoms with Gasteiger partial charge in [-0.25, -0.2) is 4.98 Å². The van der Waals surface area contributed by atoms with Crippen molar-refractivity contribution in [1.29, 1.82) is 0 Å². The Balaban J connectivity index is 1.57. The van der Waals surface area contributed by atoms with E-state index < -0.39 is 5.97 Å². The summed E-state index contributed by atoms with van der Waals surface area (Å²) in [5.74, 6) is 4.89. The number of rotatable bonds is 6. The molecule has 1 N–H and O–H groups in total. The van der Waals surface area contributed by atoms with Crippen LogP contribution >= 0.6 is 22.6 Å². The van der Waals surface area contributed by atoms with Crippen molar-refractivity contribution in [2.45, 2.75) is 71.4 Å². The predicted molar refractivity (Wildman–Crippen MR) is 163 cm³/mol. The predicted octanol–water partition coefficient (Wildman–Crippen LogP) is 5.58. The highest BCUT2D eigenvalue weighted by Crippen LogP contribution is 2.41. The van der Waals surface area contributed by atoms with E-state index >= 15 is 0 Å². The number of halogens is 1. The summed E-state index contributed by atoms with van der Waals surface area (Å²) in [5, 5.41) is 13.9. The molecule has 0 radical (unpaired) electrons. The third-order valence-electron chi connectivity index (χ3n) is 7.98. The lowest BCUT2D eigenvalue weighted by atomic mass is 9.87. The lowest BCUT2D eigenvalue weighted by molar-refractivity contribution is -0.143. The number of carboxylic acids is 1. The summed E-state index contributed by atoms with van der Waals surface area (Å²) >= 11 is 2.35. The van der Waals surface area contributed by atoms with Crippen molar-refractivity contribution in [2.24, 2.45) is 13.0 Å². The van der Waals surface area contributed by atoms with E-state index in [4.69, 9.17) is 9.72 Å². The van der Waals surface area contributed by atoms with E-state index in [1.54, 1.807) is 16.5 Å². The van der Waals surface area contributed by atoms with Gasteiger partial charge in [0.15, 0.2) is 5.52 Å². The molecule has 5 rings (SSSR count). The maximum absolute atomic E-state index is 13.6. The second kappa shape index (κ2) is 11.6. The Morgan fingerprint density at radius 3 is 2.58 bits per heavy atom. The molecule has 210 valence electrons. The summed E-state index contributed by atoms with van der Waals surface area (Å²) < 4.78 is 9.14. The van der Waals surface area contributed by atoms with E-state index in [9.17, 15) is 14.7 Å². The van der Waals surface area contributed by atoms with Crippen LogP contribution < -0.4 is 14.5 Å². The molecule has 1 saturated carbocycles. The number of aliphatic carboxylic acids is 1. The zero-order chi connectivity index (χ0) is 28.6. The number of carboxylic acid groups (broad SMARTS) is 1. The van der Waals surface area contributed by atoms with Gasteiger partial charge in [-0.05, 0) is 118 Å². The number of benzene rings is 1. The molecule has 40 heavy (non-hydrogen) atoms. The molecule has 1 amide bonds. The third-order valence-corrected chi connectivity index (χ3v) is 9.14. The zero-order valence-electron chi connectivity index (χ0n) is 23.3. The van der Waals surface area contributed by atoms with Crippen LogP contribution in [0.15, 0.2) is 24.3 Å². The fraction of sp³-hybridized carbons (Fsp3) is 0.467. The quantitative estimate of drug-likeness (QED) is 0.274. The van der Waals surface area contributed by atoms with Crippen LogP contribution in [0.5, 0.6) is 5.88 Å². The number of aromatic nitrogens is 3. The summed E-state index contributed by atoms with van der Waals surface area (Å²) in [6.07, 6.45) is 4.50. The average molecular weight is 656 g/mol. The Kier molecular flexibility index (Phi) is 8.21. The van der Waals surface area contributed by atoms with Crippen molar-refractivity contribution in [1.82, 2.24) is 14.8 Å². The minimum Gasteiger partial charge on any atom is -0.481 e. The third kappa shape index (κ3) is 5.48. The first-order valence-corrected chi connectivity index (χ1v) is 14.8. The van der Waals surface area contributed by atoms with Crippen molar-refractivity contribution < 1.29 is 19.4 Å². The Hall–Kier alpha value is -3.33. The molecule has 9 nitrogen and oxygen atoms in total. The second-order valence-electron chi connectivity index (χ2n) is 10.7. The van der Waals surface area contributed by atoms with Gasteiger partial charge in [-0.15, -0.1) is 5.10 Å². The number of aryl methyl sites for hydroxylation is 2. The van der Waals surface area contributed by atoms with Gasteiger partial charge in [0.25, 0.3) is 5.88 Å². The normalized spacial score (nSPS) is 20.7. The van der Waals surface area contributed by atoms with Gasteiger partial charge in [0.2, 0.25) is 0 Å². The summed E-state index contributed by atoms with van der Waals surface area (Å²) in [4.78, 5) is 33.9. The Labute approximate surface area is 248 Å². The maximum atomic E-state index is 13.6.